The van der Waals surface area contributed by atoms with Gasteiger partial charge in [0.15, 0.2) is 0 Å². The lowest BCUT2D eigenvalue weighted by atomic mass is 10.1. The summed E-state index contributed by atoms with van der Waals surface area (Å²) in [4.78, 5) is 28.2. The number of hydrogen-bond donors (Lipinski definition) is 1. The first kappa shape index (κ1) is 29.7. The van der Waals surface area contributed by atoms with Crippen molar-refractivity contribution in [2.45, 2.75) is 51.2 Å². The van der Waals surface area contributed by atoms with E-state index in [9.17, 15) is 18.0 Å². The number of halogens is 2. The Morgan fingerprint density at radius 3 is 2.05 bits per heavy atom. The molecule has 0 aliphatic carbocycles. The predicted octanol–water partition coefficient (Wildman–Crippen LogP) is 5.55. The lowest BCUT2D eigenvalue weighted by Gasteiger charge is -2.32. The topological polar surface area (TPSA) is 86.8 Å². The van der Waals surface area contributed by atoms with Gasteiger partial charge in [-0.05, 0) is 81.8 Å². The number of anilines is 1. The van der Waals surface area contributed by atoms with Gasteiger partial charge >= 0.3 is 0 Å². The fourth-order valence-corrected chi connectivity index (χ4v) is 5.55. The Bertz CT molecular complexity index is 1360. The van der Waals surface area contributed by atoms with E-state index < -0.39 is 28.5 Å². The van der Waals surface area contributed by atoms with Gasteiger partial charge in [0.1, 0.15) is 12.6 Å². The Hall–Kier alpha value is -2.88. The van der Waals surface area contributed by atoms with Crippen molar-refractivity contribution in [2.75, 3.05) is 10.8 Å². The lowest BCUT2D eigenvalue weighted by Crippen LogP contribution is -2.52. The second-order valence-electron chi connectivity index (χ2n) is 9.29. The number of sulfonamides is 1. The summed E-state index contributed by atoms with van der Waals surface area (Å²) >= 11 is 9.45. The molecule has 0 fully saturated rings. The Morgan fingerprint density at radius 2 is 1.50 bits per heavy atom. The van der Waals surface area contributed by atoms with E-state index in [0.717, 1.165) is 19.9 Å². The van der Waals surface area contributed by atoms with Gasteiger partial charge in [-0.3, -0.25) is 13.9 Å². The number of benzene rings is 3. The zero-order valence-corrected chi connectivity index (χ0v) is 24.8. The molecule has 0 aliphatic heterocycles. The molecule has 1 N–H and O–H groups in total. The van der Waals surface area contributed by atoms with Crippen LogP contribution < -0.4 is 9.62 Å². The zero-order valence-electron chi connectivity index (χ0n) is 21.7. The maximum atomic E-state index is 13.8. The van der Waals surface area contributed by atoms with Crippen LogP contribution in [0.3, 0.4) is 0 Å². The van der Waals surface area contributed by atoms with Crippen LogP contribution in [0.2, 0.25) is 5.02 Å². The maximum absolute atomic E-state index is 13.8. The first-order chi connectivity index (χ1) is 17.9. The maximum Gasteiger partial charge on any atom is 0.264 e. The van der Waals surface area contributed by atoms with Crippen LogP contribution in [0.1, 0.15) is 31.9 Å². The molecule has 7 nitrogen and oxygen atoms in total. The van der Waals surface area contributed by atoms with Crippen LogP contribution in [-0.2, 0) is 26.2 Å². The second kappa shape index (κ2) is 12.8. The van der Waals surface area contributed by atoms with E-state index in [1.165, 1.54) is 17.0 Å². The highest BCUT2D eigenvalue weighted by Gasteiger charge is 2.32. The molecule has 0 saturated carbocycles. The van der Waals surface area contributed by atoms with E-state index in [0.29, 0.717) is 5.02 Å². The van der Waals surface area contributed by atoms with Gasteiger partial charge in [-0.25, -0.2) is 8.42 Å². The van der Waals surface area contributed by atoms with Gasteiger partial charge in [-0.2, -0.15) is 0 Å². The minimum absolute atomic E-state index is 0.0518. The Morgan fingerprint density at radius 1 is 0.921 bits per heavy atom. The molecule has 0 spiro atoms. The van der Waals surface area contributed by atoms with Crippen molar-refractivity contribution in [3.63, 3.8) is 0 Å². The smallest absolute Gasteiger partial charge is 0.264 e. The highest BCUT2D eigenvalue weighted by Crippen LogP contribution is 2.26. The van der Waals surface area contributed by atoms with Crippen molar-refractivity contribution in [2.24, 2.45) is 0 Å². The van der Waals surface area contributed by atoms with Crippen molar-refractivity contribution < 1.29 is 18.0 Å². The molecular weight excluding hydrogens is 590 g/mol. The standard InChI is InChI=1S/C28H31BrClN3O4S/c1-19(2)31-28(35)21(4)32(17-22-7-9-23(29)10-8-22)27(34)18-33(25-13-11-24(30)12-14-25)38(36,37)26-15-5-20(3)6-16-26/h5-16,19,21H,17-18H2,1-4H3,(H,31,35)/t21-/m0/s1. The van der Waals surface area contributed by atoms with Crippen LogP contribution in [-0.4, -0.2) is 43.8 Å². The average Bonchev–Trinajstić information content (AvgIpc) is 2.87. The summed E-state index contributed by atoms with van der Waals surface area (Å²) in [5.74, 6) is -0.852. The number of hydrogen-bond acceptors (Lipinski definition) is 4. The van der Waals surface area contributed by atoms with Gasteiger partial charge < -0.3 is 10.2 Å². The predicted molar refractivity (Wildman–Crippen MR) is 155 cm³/mol. The number of amides is 2. The van der Waals surface area contributed by atoms with E-state index in [-0.39, 0.29) is 29.1 Å². The van der Waals surface area contributed by atoms with Crippen LogP contribution >= 0.6 is 27.5 Å². The molecule has 0 aliphatic rings. The largest absolute Gasteiger partial charge is 0.352 e. The third kappa shape index (κ3) is 7.58. The zero-order chi connectivity index (χ0) is 28.0. The minimum Gasteiger partial charge on any atom is -0.352 e. The third-order valence-electron chi connectivity index (χ3n) is 5.87. The molecule has 0 radical (unpaired) electrons. The van der Waals surface area contributed by atoms with Crippen molar-refractivity contribution in [1.82, 2.24) is 10.2 Å². The number of rotatable bonds is 10. The fraction of sp³-hybridized carbons (Fsp3) is 0.286. The molecule has 202 valence electrons. The van der Waals surface area contributed by atoms with Crippen LogP contribution in [0.4, 0.5) is 5.69 Å². The van der Waals surface area contributed by atoms with Gasteiger partial charge in [-0.1, -0.05) is 57.4 Å². The highest BCUT2D eigenvalue weighted by atomic mass is 79.9. The molecule has 3 rings (SSSR count). The summed E-state index contributed by atoms with van der Waals surface area (Å²) in [6.45, 7) is 6.78. The molecule has 0 unspecified atom stereocenters. The molecule has 0 saturated heterocycles. The molecule has 3 aromatic rings. The Labute approximate surface area is 238 Å². The third-order valence-corrected chi connectivity index (χ3v) is 8.44. The second-order valence-corrected chi connectivity index (χ2v) is 12.5. The summed E-state index contributed by atoms with van der Waals surface area (Å²) in [7, 11) is -4.12. The fourth-order valence-electron chi connectivity index (χ4n) is 3.75. The van der Waals surface area contributed by atoms with Gasteiger partial charge in [0.25, 0.3) is 10.0 Å². The number of carbonyl (C=O) groups is 2. The van der Waals surface area contributed by atoms with Crippen molar-refractivity contribution >= 4 is 55.1 Å². The Kier molecular flexibility index (Phi) is 9.98. The average molecular weight is 621 g/mol. The van der Waals surface area contributed by atoms with E-state index in [2.05, 4.69) is 21.2 Å². The van der Waals surface area contributed by atoms with Gasteiger partial charge in [0, 0.05) is 22.1 Å². The number of aryl methyl sites for hydroxylation is 1. The van der Waals surface area contributed by atoms with Gasteiger partial charge in [0.2, 0.25) is 11.8 Å². The van der Waals surface area contributed by atoms with E-state index in [1.54, 1.807) is 43.3 Å². The lowest BCUT2D eigenvalue weighted by molar-refractivity contribution is -0.139. The van der Waals surface area contributed by atoms with Crippen LogP contribution in [0, 0.1) is 6.92 Å². The summed E-state index contributed by atoms with van der Waals surface area (Å²) in [5.41, 5.74) is 1.99. The van der Waals surface area contributed by atoms with E-state index in [1.807, 2.05) is 45.0 Å². The van der Waals surface area contributed by atoms with Crippen LogP contribution in [0.25, 0.3) is 0 Å². The van der Waals surface area contributed by atoms with Gasteiger partial charge in [-0.15, -0.1) is 0 Å². The molecule has 0 aromatic heterocycles. The number of nitrogens with zero attached hydrogens (tertiary/aromatic N) is 2. The highest BCUT2D eigenvalue weighted by molar-refractivity contribution is 9.10. The Balaban J connectivity index is 2.02. The summed E-state index contributed by atoms with van der Waals surface area (Å²) < 4.78 is 29.5. The molecule has 0 heterocycles. The number of nitrogens with one attached hydrogen (secondary N) is 1. The molecule has 10 heteroatoms. The SMILES string of the molecule is Cc1ccc(S(=O)(=O)N(CC(=O)N(Cc2ccc(Br)cc2)[C@@H](C)C(=O)NC(C)C)c2ccc(Cl)cc2)cc1. The molecule has 0 bridgehead atoms. The summed E-state index contributed by atoms with van der Waals surface area (Å²) in [5, 5.41) is 3.27. The number of carbonyl (C=O) groups excluding carboxylic acids is 2. The quantitative estimate of drug-likeness (QED) is 0.322. The van der Waals surface area contributed by atoms with Crippen molar-refractivity contribution in [3.8, 4) is 0 Å². The van der Waals surface area contributed by atoms with Crippen LogP contribution in [0.15, 0.2) is 82.2 Å². The first-order valence-corrected chi connectivity index (χ1v) is 14.7. The van der Waals surface area contributed by atoms with Crippen molar-refractivity contribution in [1.29, 1.82) is 0 Å². The van der Waals surface area contributed by atoms with Gasteiger partial charge in [0.05, 0.1) is 10.6 Å². The van der Waals surface area contributed by atoms with E-state index in [4.69, 9.17) is 11.6 Å². The molecule has 2 amide bonds. The van der Waals surface area contributed by atoms with E-state index >= 15 is 0 Å². The minimum atomic E-state index is -4.12. The van der Waals surface area contributed by atoms with Crippen LogP contribution in [0.5, 0.6) is 0 Å². The molecule has 3 aromatic carbocycles. The first-order valence-electron chi connectivity index (χ1n) is 12.1. The summed E-state index contributed by atoms with van der Waals surface area (Å²) in [6, 6.07) is 19.1. The van der Waals surface area contributed by atoms with Crippen molar-refractivity contribution in [3.05, 3.63) is 93.4 Å². The molecular formula is C28H31BrClN3O4S. The molecule has 38 heavy (non-hydrogen) atoms. The normalized spacial score (nSPS) is 12.2. The monoisotopic (exact) mass is 619 g/mol. The molecule has 1 atom stereocenters. The summed E-state index contributed by atoms with van der Waals surface area (Å²) in [6.07, 6.45) is 0.